The predicted molar refractivity (Wildman–Crippen MR) is 120 cm³/mol. The number of fused-ring (bicyclic) bond motifs is 1. The molecule has 0 saturated heterocycles. The van der Waals surface area contributed by atoms with E-state index in [0.29, 0.717) is 27.7 Å². The second-order valence-electron chi connectivity index (χ2n) is 7.30. The quantitative estimate of drug-likeness (QED) is 0.302. The van der Waals surface area contributed by atoms with Crippen molar-refractivity contribution in [3.05, 3.63) is 85.9 Å². The number of rotatable bonds is 4. The van der Waals surface area contributed by atoms with Gasteiger partial charge in [0.05, 0.1) is 15.6 Å². The van der Waals surface area contributed by atoms with Crippen LogP contribution in [0.4, 0.5) is 11.4 Å². The van der Waals surface area contributed by atoms with Crippen LogP contribution in [0.1, 0.15) is 27.0 Å². The molecule has 156 valence electrons. The Balaban J connectivity index is 1.69. The van der Waals surface area contributed by atoms with Gasteiger partial charge in [-0.1, -0.05) is 23.7 Å². The first kappa shape index (κ1) is 20.6. The number of hydrogen-bond acceptors (Lipinski definition) is 5. The molecule has 0 atom stereocenters. The molecule has 0 unspecified atom stereocenters. The van der Waals surface area contributed by atoms with E-state index in [1.165, 1.54) is 25.1 Å². The molecule has 8 heteroatoms. The van der Waals surface area contributed by atoms with Crippen molar-refractivity contribution in [1.29, 1.82) is 0 Å². The minimum atomic E-state index is -0.517. The SMILES string of the molecule is Cc1cc(C)c2oc(-c3ccc(Cl)c(NC(=O)c4cccc([N+](=O)[O-])c4C)c3)nc2c1. The van der Waals surface area contributed by atoms with Crippen LogP contribution in [-0.2, 0) is 0 Å². The fourth-order valence-corrected chi connectivity index (χ4v) is 3.68. The summed E-state index contributed by atoms with van der Waals surface area (Å²) in [5.74, 6) is -0.0910. The molecule has 0 fully saturated rings. The minimum Gasteiger partial charge on any atom is -0.436 e. The first-order valence-electron chi connectivity index (χ1n) is 9.47. The molecule has 0 bridgehead atoms. The van der Waals surface area contributed by atoms with Crippen LogP contribution in [0.3, 0.4) is 0 Å². The number of aromatic nitrogens is 1. The average Bonchev–Trinajstić information content (AvgIpc) is 3.14. The molecule has 0 saturated carbocycles. The third-order valence-corrected chi connectivity index (χ3v) is 5.36. The lowest BCUT2D eigenvalue weighted by Gasteiger charge is -2.10. The van der Waals surface area contributed by atoms with Gasteiger partial charge >= 0.3 is 0 Å². The maximum absolute atomic E-state index is 12.8. The number of hydrogen-bond donors (Lipinski definition) is 1. The van der Waals surface area contributed by atoms with Crippen molar-refractivity contribution in [2.45, 2.75) is 20.8 Å². The number of nitrogens with one attached hydrogen (secondary N) is 1. The number of nitrogens with zero attached hydrogens (tertiary/aromatic N) is 2. The zero-order chi connectivity index (χ0) is 22.3. The zero-order valence-electron chi connectivity index (χ0n) is 17.0. The molecular weight excluding hydrogens is 418 g/mol. The molecule has 1 aromatic heterocycles. The Morgan fingerprint density at radius 1 is 1.13 bits per heavy atom. The van der Waals surface area contributed by atoms with Crippen molar-refractivity contribution in [2.24, 2.45) is 0 Å². The number of benzene rings is 3. The molecule has 0 aliphatic carbocycles. The summed E-state index contributed by atoms with van der Waals surface area (Å²) in [6, 6.07) is 13.4. The van der Waals surface area contributed by atoms with Gasteiger partial charge in [0, 0.05) is 22.8 Å². The Morgan fingerprint density at radius 2 is 1.90 bits per heavy atom. The van der Waals surface area contributed by atoms with E-state index in [4.69, 9.17) is 16.0 Å². The van der Waals surface area contributed by atoms with E-state index in [2.05, 4.69) is 10.3 Å². The molecule has 7 nitrogen and oxygen atoms in total. The number of anilines is 1. The summed E-state index contributed by atoms with van der Waals surface area (Å²) in [5.41, 5.74) is 4.87. The van der Waals surface area contributed by atoms with Gasteiger partial charge in [-0.2, -0.15) is 0 Å². The van der Waals surface area contributed by atoms with Gasteiger partial charge in [-0.05, 0) is 62.2 Å². The van der Waals surface area contributed by atoms with E-state index in [-0.39, 0.29) is 16.8 Å². The van der Waals surface area contributed by atoms with Gasteiger partial charge in [0.15, 0.2) is 5.58 Å². The van der Waals surface area contributed by atoms with E-state index < -0.39 is 10.8 Å². The molecule has 31 heavy (non-hydrogen) atoms. The van der Waals surface area contributed by atoms with E-state index in [1.807, 2.05) is 26.0 Å². The highest BCUT2D eigenvalue weighted by Crippen LogP contribution is 2.32. The maximum Gasteiger partial charge on any atom is 0.273 e. The Labute approximate surface area is 182 Å². The number of aryl methyl sites for hydroxylation is 2. The summed E-state index contributed by atoms with van der Waals surface area (Å²) in [6.45, 7) is 5.49. The highest BCUT2D eigenvalue weighted by atomic mass is 35.5. The summed E-state index contributed by atoms with van der Waals surface area (Å²) in [6.07, 6.45) is 0. The summed E-state index contributed by atoms with van der Waals surface area (Å²) in [5, 5.41) is 14.2. The fraction of sp³-hybridized carbons (Fsp3) is 0.130. The maximum atomic E-state index is 12.8. The van der Waals surface area contributed by atoms with Crippen molar-refractivity contribution in [3.63, 3.8) is 0 Å². The van der Waals surface area contributed by atoms with Gasteiger partial charge in [0.2, 0.25) is 5.89 Å². The molecule has 4 aromatic rings. The number of nitro groups is 1. The summed E-state index contributed by atoms with van der Waals surface area (Å²) in [4.78, 5) is 28.0. The smallest absolute Gasteiger partial charge is 0.273 e. The summed E-state index contributed by atoms with van der Waals surface area (Å²) in [7, 11) is 0. The second-order valence-corrected chi connectivity index (χ2v) is 7.71. The fourth-order valence-electron chi connectivity index (χ4n) is 3.51. The Morgan fingerprint density at radius 3 is 2.65 bits per heavy atom. The lowest BCUT2D eigenvalue weighted by atomic mass is 10.1. The Bertz CT molecular complexity index is 1360. The second kappa shape index (κ2) is 7.85. The molecular formula is C23H18ClN3O4. The Kier molecular flexibility index (Phi) is 5.20. The van der Waals surface area contributed by atoms with Crippen molar-refractivity contribution in [2.75, 3.05) is 5.32 Å². The monoisotopic (exact) mass is 435 g/mol. The number of halogens is 1. The van der Waals surface area contributed by atoms with Crippen LogP contribution in [0.25, 0.3) is 22.6 Å². The van der Waals surface area contributed by atoms with Crippen LogP contribution in [0.15, 0.2) is 52.9 Å². The number of carbonyl (C=O) groups is 1. The summed E-state index contributed by atoms with van der Waals surface area (Å²) < 4.78 is 5.94. The van der Waals surface area contributed by atoms with Crippen molar-refractivity contribution < 1.29 is 14.1 Å². The van der Waals surface area contributed by atoms with Crippen LogP contribution in [-0.4, -0.2) is 15.8 Å². The first-order valence-corrected chi connectivity index (χ1v) is 9.85. The zero-order valence-corrected chi connectivity index (χ0v) is 17.8. The van der Waals surface area contributed by atoms with Gasteiger partial charge in [0.25, 0.3) is 11.6 Å². The van der Waals surface area contributed by atoms with E-state index >= 15 is 0 Å². The normalized spacial score (nSPS) is 11.0. The standard InChI is InChI=1S/C23H18ClN3O4/c1-12-9-13(2)21-19(10-12)26-23(31-21)15-7-8-17(24)18(11-15)25-22(28)16-5-4-6-20(14(16)3)27(29)30/h4-11H,1-3H3,(H,25,28). The van der Waals surface area contributed by atoms with Gasteiger partial charge in [-0.3, -0.25) is 14.9 Å². The number of amides is 1. The summed E-state index contributed by atoms with van der Waals surface area (Å²) >= 11 is 6.29. The van der Waals surface area contributed by atoms with E-state index in [9.17, 15) is 14.9 Å². The van der Waals surface area contributed by atoms with Crippen molar-refractivity contribution >= 4 is 40.0 Å². The molecule has 3 aromatic carbocycles. The van der Waals surface area contributed by atoms with E-state index in [1.54, 1.807) is 18.2 Å². The van der Waals surface area contributed by atoms with Gasteiger partial charge < -0.3 is 9.73 Å². The molecule has 0 aliphatic rings. The third-order valence-electron chi connectivity index (χ3n) is 5.03. The van der Waals surface area contributed by atoms with E-state index in [0.717, 1.165) is 16.6 Å². The Hall–Kier alpha value is -3.71. The molecule has 1 amide bonds. The number of nitro benzene ring substituents is 1. The van der Waals surface area contributed by atoms with Crippen LogP contribution >= 0.6 is 11.6 Å². The van der Waals surface area contributed by atoms with Crippen LogP contribution in [0.2, 0.25) is 5.02 Å². The van der Waals surface area contributed by atoms with Crippen LogP contribution in [0.5, 0.6) is 0 Å². The highest BCUT2D eigenvalue weighted by molar-refractivity contribution is 6.34. The molecule has 4 rings (SSSR count). The highest BCUT2D eigenvalue weighted by Gasteiger charge is 2.19. The van der Waals surface area contributed by atoms with Crippen molar-refractivity contribution in [1.82, 2.24) is 4.98 Å². The largest absolute Gasteiger partial charge is 0.436 e. The third kappa shape index (κ3) is 3.87. The minimum absolute atomic E-state index is 0.121. The first-order chi connectivity index (χ1) is 14.7. The molecule has 0 aliphatic heterocycles. The molecule has 0 spiro atoms. The van der Waals surface area contributed by atoms with Gasteiger partial charge in [-0.25, -0.2) is 4.98 Å². The van der Waals surface area contributed by atoms with Crippen LogP contribution < -0.4 is 5.32 Å². The predicted octanol–water partition coefficient (Wildman–Crippen LogP) is 6.23. The van der Waals surface area contributed by atoms with Gasteiger partial charge in [-0.15, -0.1) is 0 Å². The lowest BCUT2D eigenvalue weighted by molar-refractivity contribution is -0.385. The number of carbonyl (C=O) groups excluding carboxylic acids is 1. The lowest BCUT2D eigenvalue weighted by Crippen LogP contribution is -2.14. The topological polar surface area (TPSA) is 98.3 Å². The number of oxazole rings is 1. The molecule has 1 N–H and O–H groups in total. The molecule has 0 radical (unpaired) electrons. The van der Waals surface area contributed by atoms with Gasteiger partial charge in [0.1, 0.15) is 5.52 Å². The van der Waals surface area contributed by atoms with Crippen LogP contribution in [0, 0.1) is 30.9 Å². The van der Waals surface area contributed by atoms with Crippen molar-refractivity contribution in [3.8, 4) is 11.5 Å². The molecule has 1 heterocycles. The average molecular weight is 436 g/mol.